The van der Waals surface area contributed by atoms with Crippen molar-refractivity contribution in [2.24, 2.45) is 0 Å². The lowest BCUT2D eigenvalue weighted by Crippen LogP contribution is -2.18. The minimum Gasteiger partial charge on any atom is -0.497 e. The van der Waals surface area contributed by atoms with Crippen molar-refractivity contribution in [3.8, 4) is 5.75 Å². The minimum atomic E-state index is 0.256. The summed E-state index contributed by atoms with van der Waals surface area (Å²) in [6.07, 6.45) is 4.68. The van der Waals surface area contributed by atoms with Crippen molar-refractivity contribution in [1.82, 2.24) is 0 Å². The molecule has 0 fully saturated rings. The molecule has 2 atom stereocenters. The molecule has 0 bridgehead atoms. The molecule has 88 valence electrons. The Morgan fingerprint density at radius 1 is 1.50 bits per heavy atom. The van der Waals surface area contributed by atoms with Gasteiger partial charge in [0, 0.05) is 11.3 Å². The summed E-state index contributed by atoms with van der Waals surface area (Å²) < 4.78 is 5.30. The van der Waals surface area contributed by atoms with Crippen molar-refractivity contribution in [3.63, 3.8) is 0 Å². The lowest BCUT2D eigenvalue weighted by molar-refractivity contribution is 0.411. The zero-order chi connectivity index (χ0) is 11.5. The van der Waals surface area contributed by atoms with Crippen LogP contribution < -0.4 is 4.74 Å². The van der Waals surface area contributed by atoms with Crippen molar-refractivity contribution in [2.45, 2.75) is 43.9 Å². The first-order chi connectivity index (χ1) is 7.76. The van der Waals surface area contributed by atoms with Gasteiger partial charge < -0.3 is 4.74 Å². The van der Waals surface area contributed by atoms with Gasteiger partial charge >= 0.3 is 0 Å². The van der Waals surface area contributed by atoms with Crippen LogP contribution in [-0.4, -0.2) is 12.5 Å². The molecule has 0 amide bonds. The van der Waals surface area contributed by atoms with Crippen LogP contribution in [0.15, 0.2) is 18.2 Å². The van der Waals surface area contributed by atoms with Crippen LogP contribution in [0.25, 0.3) is 0 Å². The monoisotopic (exact) mass is 238 g/mol. The summed E-state index contributed by atoms with van der Waals surface area (Å²) in [6.45, 7) is 2.16. The number of fused-ring (bicyclic) bond motifs is 1. The highest BCUT2D eigenvalue weighted by molar-refractivity contribution is 6.21. The lowest BCUT2D eigenvalue weighted by atomic mass is 9.80. The van der Waals surface area contributed by atoms with E-state index in [2.05, 4.69) is 25.1 Å². The molecule has 0 N–H and O–H groups in total. The standard InChI is InChI=1S/C14H19ClO/c1-3-14(15)12-6-4-5-10-7-8-11(16-2)9-13(10)12/h7-9,12,14H,3-6H2,1-2H3. The van der Waals surface area contributed by atoms with Gasteiger partial charge in [0.15, 0.2) is 0 Å². The van der Waals surface area contributed by atoms with Crippen LogP contribution in [0.2, 0.25) is 0 Å². The third kappa shape index (κ3) is 2.20. The second-order valence-electron chi connectivity index (χ2n) is 4.49. The van der Waals surface area contributed by atoms with Gasteiger partial charge in [0.2, 0.25) is 0 Å². The Morgan fingerprint density at radius 2 is 2.31 bits per heavy atom. The molecule has 2 rings (SSSR count). The van der Waals surface area contributed by atoms with Gasteiger partial charge in [0.1, 0.15) is 5.75 Å². The molecule has 1 aromatic carbocycles. The predicted octanol–water partition coefficient (Wildman–Crippen LogP) is 4.13. The molecule has 0 radical (unpaired) electrons. The zero-order valence-electron chi connectivity index (χ0n) is 10.0. The van der Waals surface area contributed by atoms with Crippen LogP contribution in [-0.2, 0) is 6.42 Å². The van der Waals surface area contributed by atoms with Gasteiger partial charge in [-0.15, -0.1) is 11.6 Å². The van der Waals surface area contributed by atoms with Gasteiger partial charge in [-0.2, -0.15) is 0 Å². The summed E-state index contributed by atoms with van der Waals surface area (Å²) in [4.78, 5) is 0. The summed E-state index contributed by atoms with van der Waals surface area (Å²) in [5, 5.41) is 0.256. The normalized spacial score (nSPS) is 21.3. The first-order valence-electron chi connectivity index (χ1n) is 6.07. The Balaban J connectivity index is 2.35. The van der Waals surface area contributed by atoms with Crippen molar-refractivity contribution in [1.29, 1.82) is 0 Å². The molecule has 0 aliphatic heterocycles. The molecule has 1 aromatic rings. The fourth-order valence-corrected chi connectivity index (χ4v) is 2.86. The minimum absolute atomic E-state index is 0.256. The average Bonchev–Trinajstić information content (AvgIpc) is 2.36. The van der Waals surface area contributed by atoms with Gasteiger partial charge in [-0.25, -0.2) is 0 Å². The molecular formula is C14H19ClO. The Morgan fingerprint density at radius 3 is 3.00 bits per heavy atom. The number of rotatable bonds is 3. The topological polar surface area (TPSA) is 9.23 Å². The third-order valence-electron chi connectivity index (χ3n) is 3.54. The van der Waals surface area contributed by atoms with Crippen molar-refractivity contribution >= 4 is 11.6 Å². The molecule has 0 saturated carbocycles. The Hall–Kier alpha value is -0.690. The van der Waals surface area contributed by atoms with Gasteiger partial charge in [-0.05, 0) is 48.9 Å². The van der Waals surface area contributed by atoms with Crippen LogP contribution >= 0.6 is 11.6 Å². The van der Waals surface area contributed by atoms with E-state index in [4.69, 9.17) is 16.3 Å². The maximum absolute atomic E-state index is 6.43. The van der Waals surface area contributed by atoms with E-state index >= 15 is 0 Å². The largest absolute Gasteiger partial charge is 0.497 e. The summed E-state index contributed by atoms with van der Waals surface area (Å²) in [7, 11) is 1.72. The van der Waals surface area contributed by atoms with Gasteiger partial charge in [-0.1, -0.05) is 13.0 Å². The van der Waals surface area contributed by atoms with Crippen molar-refractivity contribution in [3.05, 3.63) is 29.3 Å². The molecule has 2 heteroatoms. The van der Waals surface area contributed by atoms with Gasteiger partial charge in [0.25, 0.3) is 0 Å². The number of ether oxygens (including phenoxy) is 1. The maximum atomic E-state index is 6.43. The average molecular weight is 239 g/mol. The van der Waals surface area contributed by atoms with Crippen LogP contribution in [0.1, 0.15) is 43.2 Å². The molecule has 1 aliphatic carbocycles. The SMILES string of the molecule is CCC(Cl)C1CCCc2ccc(OC)cc21. The summed E-state index contributed by atoms with van der Waals surface area (Å²) >= 11 is 6.43. The number of hydrogen-bond acceptors (Lipinski definition) is 1. The molecule has 0 heterocycles. The summed E-state index contributed by atoms with van der Waals surface area (Å²) in [5.41, 5.74) is 2.86. The molecule has 0 spiro atoms. The van der Waals surface area contributed by atoms with E-state index in [0.717, 1.165) is 12.2 Å². The Bertz CT molecular complexity index is 362. The highest BCUT2D eigenvalue weighted by atomic mass is 35.5. The number of hydrogen-bond donors (Lipinski definition) is 0. The maximum Gasteiger partial charge on any atom is 0.119 e. The fraction of sp³-hybridized carbons (Fsp3) is 0.571. The van der Waals surface area contributed by atoms with E-state index in [1.54, 1.807) is 7.11 Å². The number of aryl methyl sites for hydroxylation is 1. The highest BCUT2D eigenvalue weighted by Crippen LogP contribution is 2.38. The molecule has 16 heavy (non-hydrogen) atoms. The quantitative estimate of drug-likeness (QED) is 0.720. The van der Waals surface area contributed by atoms with Crippen molar-refractivity contribution in [2.75, 3.05) is 7.11 Å². The smallest absolute Gasteiger partial charge is 0.119 e. The first kappa shape index (κ1) is 11.8. The van der Waals surface area contributed by atoms with E-state index in [1.807, 2.05) is 0 Å². The number of halogens is 1. The summed E-state index contributed by atoms with van der Waals surface area (Å²) in [5.74, 6) is 1.45. The van der Waals surface area contributed by atoms with Crippen LogP contribution in [0, 0.1) is 0 Å². The van der Waals surface area contributed by atoms with E-state index in [1.165, 1.54) is 30.4 Å². The van der Waals surface area contributed by atoms with Crippen LogP contribution in [0.4, 0.5) is 0 Å². The zero-order valence-corrected chi connectivity index (χ0v) is 10.8. The van der Waals surface area contributed by atoms with E-state index < -0.39 is 0 Å². The number of alkyl halides is 1. The molecule has 1 nitrogen and oxygen atoms in total. The second-order valence-corrected chi connectivity index (χ2v) is 5.05. The molecular weight excluding hydrogens is 220 g/mol. The Labute approximate surface area is 103 Å². The predicted molar refractivity (Wildman–Crippen MR) is 68.6 cm³/mol. The van der Waals surface area contributed by atoms with E-state index in [0.29, 0.717) is 5.92 Å². The van der Waals surface area contributed by atoms with Gasteiger partial charge in [0.05, 0.1) is 7.11 Å². The molecule has 2 unspecified atom stereocenters. The fourth-order valence-electron chi connectivity index (χ4n) is 2.60. The van der Waals surface area contributed by atoms with Crippen molar-refractivity contribution < 1.29 is 4.74 Å². The van der Waals surface area contributed by atoms with Crippen LogP contribution in [0.5, 0.6) is 5.75 Å². The first-order valence-corrected chi connectivity index (χ1v) is 6.50. The number of methoxy groups -OCH3 is 1. The summed E-state index contributed by atoms with van der Waals surface area (Å²) in [6, 6.07) is 6.42. The van der Waals surface area contributed by atoms with E-state index in [-0.39, 0.29) is 5.38 Å². The van der Waals surface area contributed by atoms with E-state index in [9.17, 15) is 0 Å². The molecule has 0 aromatic heterocycles. The number of benzene rings is 1. The molecule has 0 saturated heterocycles. The van der Waals surface area contributed by atoms with Crippen LogP contribution in [0.3, 0.4) is 0 Å². The highest BCUT2D eigenvalue weighted by Gasteiger charge is 2.25. The second kappa shape index (κ2) is 5.09. The lowest BCUT2D eigenvalue weighted by Gasteiger charge is -2.29. The Kier molecular flexibility index (Phi) is 3.75. The molecule has 1 aliphatic rings. The third-order valence-corrected chi connectivity index (χ3v) is 4.15. The van der Waals surface area contributed by atoms with Gasteiger partial charge in [-0.3, -0.25) is 0 Å².